The van der Waals surface area contributed by atoms with Gasteiger partial charge in [-0.3, -0.25) is 0 Å². The summed E-state index contributed by atoms with van der Waals surface area (Å²) in [5.41, 5.74) is 8.93. The number of hydrogen-bond donors (Lipinski definition) is 1. The molecule has 94 valence electrons. The second-order valence-electron chi connectivity index (χ2n) is 4.90. The molecule has 0 saturated heterocycles. The molecule has 18 heavy (non-hydrogen) atoms. The summed E-state index contributed by atoms with van der Waals surface area (Å²) < 4.78 is 5.97. The third-order valence-electron chi connectivity index (χ3n) is 3.45. The summed E-state index contributed by atoms with van der Waals surface area (Å²) in [4.78, 5) is 2.57. The van der Waals surface area contributed by atoms with Gasteiger partial charge in [-0.05, 0) is 37.1 Å². The molecule has 1 aromatic heterocycles. The Kier molecular flexibility index (Phi) is 2.88. The maximum Gasteiger partial charge on any atom is 0.123 e. The van der Waals surface area contributed by atoms with E-state index in [9.17, 15) is 0 Å². The minimum Gasteiger partial charge on any atom is -0.488 e. The Morgan fingerprint density at radius 3 is 2.78 bits per heavy atom. The zero-order chi connectivity index (χ0) is 12.7. The molecule has 0 spiro atoms. The minimum absolute atomic E-state index is 0.0314. The predicted molar refractivity (Wildman–Crippen MR) is 75.3 cm³/mol. The van der Waals surface area contributed by atoms with Gasteiger partial charge in [-0.2, -0.15) is 0 Å². The van der Waals surface area contributed by atoms with Crippen molar-refractivity contribution in [1.29, 1.82) is 0 Å². The van der Waals surface area contributed by atoms with Gasteiger partial charge in [-0.25, -0.2) is 0 Å². The molecule has 1 aromatic carbocycles. The predicted octanol–water partition coefficient (Wildman–Crippen LogP) is 3.37. The molecule has 0 saturated carbocycles. The van der Waals surface area contributed by atoms with E-state index in [4.69, 9.17) is 10.5 Å². The van der Waals surface area contributed by atoms with Gasteiger partial charge in [-0.1, -0.05) is 18.2 Å². The van der Waals surface area contributed by atoms with E-state index in [1.165, 1.54) is 20.9 Å². The van der Waals surface area contributed by atoms with Gasteiger partial charge < -0.3 is 10.5 Å². The second-order valence-corrected chi connectivity index (χ2v) is 6.19. The second kappa shape index (κ2) is 4.41. The molecule has 2 aromatic rings. The Hall–Kier alpha value is -1.32. The van der Waals surface area contributed by atoms with Gasteiger partial charge in [0.05, 0.1) is 6.04 Å². The van der Waals surface area contributed by atoms with E-state index in [0.717, 1.165) is 12.2 Å². The highest BCUT2D eigenvalue weighted by Gasteiger charge is 2.30. The first-order valence-corrected chi connectivity index (χ1v) is 7.04. The Morgan fingerprint density at radius 2 is 2.11 bits per heavy atom. The molecule has 2 unspecified atom stereocenters. The summed E-state index contributed by atoms with van der Waals surface area (Å²) in [6.45, 7) is 4.25. The van der Waals surface area contributed by atoms with Crippen molar-refractivity contribution in [1.82, 2.24) is 0 Å². The Balaban J connectivity index is 1.84. The molecular weight excluding hydrogens is 242 g/mol. The van der Waals surface area contributed by atoms with Gasteiger partial charge in [-0.15, -0.1) is 11.3 Å². The monoisotopic (exact) mass is 259 g/mol. The maximum absolute atomic E-state index is 6.38. The number of benzene rings is 1. The molecule has 2 nitrogen and oxygen atoms in total. The number of para-hydroxylation sites is 1. The fourth-order valence-electron chi connectivity index (χ4n) is 2.57. The van der Waals surface area contributed by atoms with Crippen molar-refractivity contribution in [2.75, 3.05) is 0 Å². The van der Waals surface area contributed by atoms with E-state index < -0.39 is 0 Å². The highest BCUT2D eigenvalue weighted by atomic mass is 32.1. The van der Waals surface area contributed by atoms with Crippen LogP contribution in [0.3, 0.4) is 0 Å². The molecule has 2 N–H and O–H groups in total. The molecule has 0 bridgehead atoms. The van der Waals surface area contributed by atoms with Crippen molar-refractivity contribution in [2.45, 2.75) is 32.4 Å². The summed E-state index contributed by atoms with van der Waals surface area (Å²) in [6.07, 6.45) is 0.979. The zero-order valence-electron chi connectivity index (χ0n) is 10.6. The largest absolute Gasteiger partial charge is 0.488 e. The van der Waals surface area contributed by atoms with Gasteiger partial charge in [0.1, 0.15) is 11.9 Å². The van der Waals surface area contributed by atoms with Crippen LogP contribution in [0.25, 0.3) is 0 Å². The smallest absolute Gasteiger partial charge is 0.123 e. The summed E-state index contributed by atoms with van der Waals surface area (Å²) >= 11 is 1.78. The van der Waals surface area contributed by atoms with E-state index in [0.29, 0.717) is 0 Å². The Labute approximate surface area is 111 Å². The highest BCUT2D eigenvalue weighted by Crippen LogP contribution is 2.36. The molecule has 3 heteroatoms. The molecule has 0 fully saturated rings. The third-order valence-corrected chi connectivity index (χ3v) is 4.71. The van der Waals surface area contributed by atoms with E-state index in [2.05, 4.69) is 32.0 Å². The molecule has 0 radical (unpaired) electrons. The van der Waals surface area contributed by atoms with Crippen molar-refractivity contribution in [3.63, 3.8) is 0 Å². The van der Waals surface area contributed by atoms with Crippen molar-refractivity contribution < 1.29 is 4.74 Å². The average Bonchev–Trinajstić information content (AvgIpc) is 2.91. The van der Waals surface area contributed by atoms with Crippen LogP contribution < -0.4 is 10.5 Å². The first kappa shape index (κ1) is 11.8. The van der Waals surface area contributed by atoms with Crippen molar-refractivity contribution in [3.05, 3.63) is 51.2 Å². The van der Waals surface area contributed by atoms with Crippen LogP contribution in [0.5, 0.6) is 5.75 Å². The number of nitrogens with two attached hydrogens (primary N) is 1. The molecule has 1 aliphatic heterocycles. The molecular formula is C15H17NOS. The van der Waals surface area contributed by atoms with Gasteiger partial charge in [0.25, 0.3) is 0 Å². The first-order valence-electron chi connectivity index (χ1n) is 6.22. The summed E-state index contributed by atoms with van der Waals surface area (Å²) in [7, 11) is 0. The standard InChI is InChI=1S/C15H17NOS/c1-9-7-10(2)18-15(9)14(16)13-8-11-5-3-4-6-12(11)17-13/h3-7,13-14H,8,16H2,1-2H3. The lowest BCUT2D eigenvalue weighted by Gasteiger charge is -2.18. The van der Waals surface area contributed by atoms with Crippen LogP contribution in [0, 0.1) is 13.8 Å². The van der Waals surface area contributed by atoms with E-state index in [-0.39, 0.29) is 12.1 Å². The van der Waals surface area contributed by atoms with Gasteiger partial charge in [0, 0.05) is 16.2 Å². The number of aryl methyl sites for hydroxylation is 2. The normalized spacial score (nSPS) is 19.4. The SMILES string of the molecule is Cc1cc(C)c(C(N)C2Cc3ccccc3O2)s1. The molecule has 2 heterocycles. The van der Waals surface area contributed by atoms with E-state index in [1.807, 2.05) is 12.1 Å². The average molecular weight is 259 g/mol. The molecule has 3 rings (SSSR count). The summed E-state index contributed by atoms with van der Waals surface area (Å²) in [5, 5.41) is 0. The van der Waals surface area contributed by atoms with Gasteiger partial charge >= 0.3 is 0 Å². The molecule has 0 amide bonds. The molecule has 0 aliphatic carbocycles. The lowest BCUT2D eigenvalue weighted by Crippen LogP contribution is -2.29. The van der Waals surface area contributed by atoms with Gasteiger partial charge in [0.15, 0.2) is 0 Å². The number of rotatable bonds is 2. The number of fused-ring (bicyclic) bond motifs is 1. The Bertz CT molecular complexity index is 551. The van der Waals surface area contributed by atoms with Crippen LogP contribution >= 0.6 is 11.3 Å². The van der Waals surface area contributed by atoms with Crippen LogP contribution in [0.15, 0.2) is 30.3 Å². The number of ether oxygens (including phenoxy) is 1. The van der Waals surface area contributed by atoms with Crippen molar-refractivity contribution in [2.24, 2.45) is 5.73 Å². The zero-order valence-corrected chi connectivity index (χ0v) is 11.5. The van der Waals surface area contributed by atoms with Crippen LogP contribution in [0.2, 0.25) is 0 Å². The first-order chi connectivity index (χ1) is 8.65. The minimum atomic E-state index is -0.0314. The van der Waals surface area contributed by atoms with E-state index in [1.54, 1.807) is 11.3 Å². The van der Waals surface area contributed by atoms with Crippen LogP contribution in [0.1, 0.15) is 26.9 Å². The molecule has 1 aliphatic rings. The van der Waals surface area contributed by atoms with Crippen LogP contribution in [-0.2, 0) is 6.42 Å². The van der Waals surface area contributed by atoms with Crippen LogP contribution in [0.4, 0.5) is 0 Å². The fourth-order valence-corrected chi connectivity index (χ4v) is 3.66. The maximum atomic E-state index is 6.38. The van der Waals surface area contributed by atoms with Gasteiger partial charge in [0.2, 0.25) is 0 Å². The Morgan fingerprint density at radius 1 is 1.33 bits per heavy atom. The van der Waals surface area contributed by atoms with Crippen molar-refractivity contribution >= 4 is 11.3 Å². The molecule has 2 atom stereocenters. The quantitative estimate of drug-likeness (QED) is 0.897. The van der Waals surface area contributed by atoms with Crippen LogP contribution in [-0.4, -0.2) is 6.10 Å². The highest BCUT2D eigenvalue weighted by molar-refractivity contribution is 7.12. The number of hydrogen-bond acceptors (Lipinski definition) is 3. The van der Waals surface area contributed by atoms with E-state index >= 15 is 0 Å². The third kappa shape index (κ3) is 1.93. The number of thiophene rings is 1. The van der Waals surface area contributed by atoms with Crippen molar-refractivity contribution in [3.8, 4) is 5.75 Å². The summed E-state index contributed by atoms with van der Waals surface area (Å²) in [5.74, 6) is 0.990. The summed E-state index contributed by atoms with van der Waals surface area (Å²) in [6, 6.07) is 10.4. The lowest BCUT2D eigenvalue weighted by molar-refractivity contribution is 0.201. The fraction of sp³-hybridized carbons (Fsp3) is 0.333. The lowest BCUT2D eigenvalue weighted by atomic mass is 10.0. The topological polar surface area (TPSA) is 35.2 Å².